The van der Waals surface area contributed by atoms with E-state index in [4.69, 9.17) is 0 Å². The number of halogens is 3. The smallest absolute Gasteiger partial charge is 0.335 e. The first-order valence-electron chi connectivity index (χ1n) is 5.83. The van der Waals surface area contributed by atoms with E-state index in [0.717, 1.165) is 4.90 Å². The lowest BCUT2D eigenvalue weighted by molar-refractivity contribution is -0.188. The van der Waals surface area contributed by atoms with Gasteiger partial charge in [-0.2, -0.15) is 13.2 Å². The van der Waals surface area contributed by atoms with E-state index in [2.05, 4.69) is 27.7 Å². The lowest BCUT2D eigenvalue weighted by Crippen LogP contribution is -2.50. The molecule has 17 heavy (non-hydrogen) atoms. The molecule has 0 spiro atoms. The molecule has 100 valence electrons. The summed E-state index contributed by atoms with van der Waals surface area (Å²) < 4.78 is 36.8. The molecular formula is C12H20F3NO. The lowest BCUT2D eigenvalue weighted by atomic mass is 9.63. The quantitative estimate of drug-likeness (QED) is 0.647. The average molecular weight is 251 g/mol. The van der Waals surface area contributed by atoms with Crippen molar-refractivity contribution in [1.29, 1.82) is 0 Å². The van der Waals surface area contributed by atoms with Crippen molar-refractivity contribution in [1.82, 2.24) is 4.90 Å². The molecule has 0 bridgehead atoms. The molecule has 1 rings (SSSR count). The summed E-state index contributed by atoms with van der Waals surface area (Å²) in [5, 5.41) is 0. The Labute approximate surface area is 100 Å². The first-order valence-corrected chi connectivity index (χ1v) is 5.83. The van der Waals surface area contributed by atoms with Crippen molar-refractivity contribution in [2.24, 2.45) is 10.8 Å². The highest BCUT2D eigenvalue weighted by Crippen LogP contribution is 2.46. The van der Waals surface area contributed by atoms with Crippen molar-refractivity contribution >= 4 is 5.91 Å². The van der Waals surface area contributed by atoms with Crippen LogP contribution in [0, 0.1) is 10.8 Å². The zero-order valence-electron chi connectivity index (χ0n) is 10.8. The number of piperidine rings is 1. The molecule has 0 aromatic rings. The summed E-state index contributed by atoms with van der Waals surface area (Å²) in [7, 11) is 0. The van der Waals surface area contributed by atoms with Crippen LogP contribution in [0.1, 0.15) is 40.5 Å². The van der Waals surface area contributed by atoms with Crippen LogP contribution in [-0.2, 0) is 4.79 Å². The van der Waals surface area contributed by atoms with Gasteiger partial charge in [-0.1, -0.05) is 27.7 Å². The number of carbonyl (C=O) groups excluding carboxylic acids is 1. The third-order valence-electron chi connectivity index (χ3n) is 4.21. The van der Waals surface area contributed by atoms with Gasteiger partial charge in [0.1, 0.15) is 0 Å². The van der Waals surface area contributed by atoms with Gasteiger partial charge in [-0.25, -0.2) is 0 Å². The van der Waals surface area contributed by atoms with Crippen LogP contribution in [0.4, 0.5) is 13.2 Å². The Balaban J connectivity index is 2.67. The van der Waals surface area contributed by atoms with Crippen LogP contribution in [0.5, 0.6) is 0 Å². The Kier molecular flexibility index (Phi) is 3.52. The van der Waals surface area contributed by atoms with Crippen LogP contribution in [0.2, 0.25) is 0 Å². The molecule has 2 nitrogen and oxygen atoms in total. The van der Waals surface area contributed by atoms with Crippen LogP contribution in [0.15, 0.2) is 0 Å². The van der Waals surface area contributed by atoms with Crippen LogP contribution < -0.4 is 0 Å². The molecule has 1 saturated heterocycles. The van der Waals surface area contributed by atoms with Crippen LogP contribution in [0.25, 0.3) is 0 Å². The monoisotopic (exact) mass is 251 g/mol. The standard InChI is InChI=1S/C12H20F3NO/c1-10(2,3)11(4)5-7-16(8-6-11)9(17)12(13,14)15/h5-8H2,1-4H3. The minimum atomic E-state index is -4.74. The van der Waals surface area contributed by atoms with Crippen LogP contribution in [-0.4, -0.2) is 30.1 Å². The summed E-state index contributed by atoms with van der Waals surface area (Å²) in [6.07, 6.45) is -3.49. The molecule has 0 N–H and O–H groups in total. The third-order valence-corrected chi connectivity index (χ3v) is 4.21. The van der Waals surface area contributed by atoms with Crippen molar-refractivity contribution in [2.75, 3.05) is 13.1 Å². The number of rotatable bonds is 0. The van der Waals surface area contributed by atoms with Crippen molar-refractivity contribution in [3.8, 4) is 0 Å². The summed E-state index contributed by atoms with van der Waals surface area (Å²) in [6, 6.07) is 0. The second-order valence-electron chi connectivity index (χ2n) is 6.10. The summed E-state index contributed by atoms with van der Waals surface area (Å²) >= 11 is 0. The number of alkyl halides is 3. The molecule has 0 aromatic carbocycles. The molecule has 1 amide bonds. The van der Waals surface area contributed by atoms with Crippen molar-refractivity contribution in [2.45, 2.75) is 46.7 Å². The maximum atomic E-state index is 12.3. The predicted molar refractivity (Wildman–Crippen MR) is 59.4 cm³/mol. The minimum Gasteiger partial charge on any atom is -0.335 e. The second-order valence-corrected chi connectivity index (χ2v) is 6.10. The summed E-state index contributed by atoms with van der Waals surface area (Å²) in [5.41, 5.74) is 0.0374. The molecule has 0 atom stereocenters. The van der Waals surface area contributed by atoms with E-state index in [1.54, 1.807) is 0 Å². The Hall–Kier alpha value is -0.740. The predicted octanol–water partition coefficient (Wildman–Crippen LogP) is 3.22. The van der Waals surface area contributed by atoms with Crippen LogP contribution >= 0.6 is 0 Å². The largest absolute Gasteiger partial charge is 0.471 e. The number of hydrogen-bond donors (Lipinski definition) is 0. The maximum absolute atomic E-state index is 12.3. The number of carbonyl (C=O) groups is 1. The van der Waals surface area contributed by atoms with Crippen LogP contribution in [0.3, 0.4) is 0 Å². The zero-order valence-corrected chi connectivity index (χ0v) is 10.8. The lowest BCUT2D eigenvalue weighted by Gasteiger charge is -2.47. The third kappa shape index (κ3) is 2.93. The molecule has 0 aromatic heterocycles. The van der Waals surface area contributed by atoms with Gasteiger partial charge in [-0.15, -0.1) is 0 Å². The van der Waals surface area contributed by atoms with Crippen molar-refractivity contribution < 1.29 is 18.0 Å². The molecule has 0 aliphatic carbocycles. The van der Waals surface area contributed by atoms with Gasteiger partial charge in [-0.3, -0.25) is 4.79 Å². The Bertz CT molecular complexity index is 296. The first-order chi connectivity index (χ1) is 7.47. The molecule has 1 aliphatic heterocycles. The molecule has 1 heterocycles. The van der Waals surface area contributed by atoms with E-state index in [-0.39, 0.29) is 23.9 Å². The molecule has 5 heteroatoms. The van der Waals surface area contributed by atoms with E-state index in [1.165, 1.54) is 0 Å². The van der Waals surface area contributed by atoms with E-state index in [9.17, 15) is 18.0 Å². The molecule has 0 saturated carbocycles. The molecule has 0 unspecified atom stereocenters. The molecular weight excluding hydrogens is 231 g/mol. The first kappa shape index (κ1) is 14.3. The van der Waals surface area contributed by atoms with E-state index in [1.807, 2.05) is 0 Å². The number of hydrogen-bond acceptors (Lipinski definition) is 1. The summed E-state index contributed by atoms with van der Waals surface area (Å²) in [5.74, 6) is -1.70. The Morgan fingerprint density at radius 1 is 1.12 bits per heavy atom. The average Bonchev–Trinajstić information content (AvgIpc) is 2.15. The van der Waals surface area contributed by atoms with Gasteiger partial charge < -0.3 is 4.90 Å². The summed E-state index contributed by atoms with van der Waals surface area (Å²) in [6.45, 7) is 8.76. The minimum absolute atomic E-state index is 0.00458. The van der Waals surface area contributed by atoms with Crippen molar-refractivity contribution in [3.63, 3.8) is 0 Å². The summed E-state index contributed by atoms with van der Waals surface area (Å²) in [4.78, 5) is 12.0. The van der Waals surface area contributed by atoms with Gasteiger partial charge in [0, 0.05) is 13.1 Å². The Morgan fingerprint density at radius 3 is 1.82 bits per heavy atom. The second kappa shape index (κ2) is 4.18. The van der Waals surface area contributed by atoms with E-state index >= 15 is 0 Å². The van der Waals surface area contributed by atoms with Gasteiger partial charge in [0.05, 0.1) is 0 Å². The number of amides is 1. The van der Waals surface area contributed by atoms with Crippen molar-refractivity contribution in [3.05, 3.63) is 0 Å². The van der Waals surface area contributed by atoms with Gasteiger partial charge in [0.2, 0.25) is 0 Å². The number of likely N-dealkylation sites (tertiary alicyclic amines) is 1. The highest BCUT2D eigenvalue weighted by molar-refractivity contribution is 5.81. The molecule has 1 fully saturated rings. The van der Waals surface area contributed by atoms with E-state index < -0.39 is 12.1 Å². The highest BCUT2D eigenvalue weighted by Gasteiger charge is 2.46. The molecule has 0 radical (unpaired) electrons. The highest BCUT2D eigenvalue weighted by atomic mass is 19.4. The SMILES string of the molecule is CC(C)(C)C1(C)CCN(C(=O)C(F)(F)F)CC1. The van der Waals surface area contributed by atoms with Gasteiger partial charge in [0.25, 0.3) is 0 Å². The number of nitrogens with zero attached hydrogens (tertiary/aromatic N) is 1. The van der Waals surface area contributed by atoms with Gasteiger partial charge in [-0.05, 0) is 23.7 Å². The topological polar surface area (TPSA) is 20.3 Å². The van der Waals surface area contributed by atoms with Gasteiger partial charge >= 0.3 is 12.1 Å². The van der Waals surface area contributed by atoms with Gasteiger partial charge in [0.15, 0.2) is 0 Å². The molecule has 1 aliphatic rings. The van der Waals surface area contributed by atoms with E-state index in [0.29, 0.717) is 12.8 Å². The Morgan fingerprint density at radius 2 is 1.53 bits per heavy atom. The zero-order chi connectivity index (χ0) is 13.5. The fourth-order valence-electron chi connectivity index (χ4n) is 2.13. The fourth-order valence-corrected chi connectivity index (χ4v) is 2.13. The maximum Gasteiger partial charge on any atom is 0.471 e. The fraction of sp³-hybridized carbons (Fsp3) is 0.917. The normalized spacial score (nSPS) is 21.5.